The number of rotatable bonds is 72. The van der Waals surface area contributed by atoms with Gasteiger partial charge in [-0.05, 0) is 37.5 Å². The van der Waals surface area contributed by atoms with E-state index in [1.807, 2.05) is 0 Å². The van der Waals surface area contributed by atoms with Crippen molar-refractivity contribution in [3.8, 4) is 0 Å². The highest BCUT2D eigenvalue weighted by atomic mass is 31.2. The number of ether oxygens (including phenoxy) is 4. The van der Waals surface area contributed by atoms with Gasteiger partial charge in [0, 0.05) is 25.7 Å². The Morgan fingerprint density at radius 3 is 0.739 bits per heavy atom. The zero-order chi connectivity index (χ0) is 67.9. The quantitative estimate of drug-likeness (QED) is 0.0222. The number of hydrogen-bond donors (Lipinski definition) is 3. The van der Waals surface area contributed by atoms with Crippen LogP contribution < -0.4 is 0 Å². The van der Waals surface area contributed by atoms with Gasteiger partial charge in [0.1, 0.15) is 19.3 Å². The van der Waals surface area contributed by atoms with Gasteiger partial charge in [-0.3, -0.25) is 37.3 Å². The summed E-state index contributed by atoms with van der Waals surface area (Å²) in [4.78, 5) is 72.7. The molecule has 0 aliphatic rings. The van der Waals surface area contributed by atoms with Crippen molar-refractivity contribution in [1.29, 1.82) is 0 Å². The standard InChI is InChI=1S/C73H142O17P2/c1-7-9-11-13-15-17-19-25-31-37-43-49-55-70(75)83-61-68(89-72(77)57-51-45-39-32-26-20-18-16-14-12-10-8-2)63-87-91(79,80)85-59-67(74)60-86-92(81,82)88-64-69(62-84-71(76)56-50-44-38-34-28-30-36-42-48-54-66(5)6)90-73(78)58-52-46-40-33-27-23-21-22-24-29-35-41-47-53-65(3)4/h65-69,74H,7-64H2,1-6H3,(H,79,80)(H,81,82)/t67-,68+,69+/m0/s1. The van der Waals surface area contributed by atoms with E-state index in [2.05, 4.69) is 41.5 Å². The summed E-state index contributed by atoms with van der Waals surface area (Å²) >= 11 is 0. The zero-order valence-electron chi connectivity index (χ0n) is 59.9. The van der Waals surface area contributed by atoms with Crippen molar-refractivity contribution >= 4 is 39.5 Å². The minimum atomic E-state index is -4.95. The Labute approximate surface area is 562 Å². The molecule has 2 unspecified atom stereocenters. The molecular formula is C73H142O17P2. The highest BCUT2D eigenvalue weighted by Crippen LogP contribution is 2.45. The molecule has 0 aliphatic heterocycles. The number of aliphatic hydroxyl groups is 1. The highest BCUT2D eigenvalue weighted by Gasteiger charge is 2.30. The number of carbonyl (C=O) groups excluding carboxylic acids is 4. The van der Waals surface area contributed by atoms with Crippen molar-refractivity contribution in [2.24, 2.45) is 11.8 Å². The Morgan fingerprint density at radius 2 is 0.500 bits per heavy atom. The first-order valence-electron chi connectivity index (χ1n) is 38.0. The maximum Gasteiger partial charge on any atom is 0.472 e. The van der Waals surface area contributed by atoms with Crippen molar-refractivity contribution in [2.75, 3.05) is 39.6 Å². The lowest BCUT2D eigenvalue weighted by Gasteiger charge is -2.21. The molecule has 0 aromatic carbocycles. The first kappa shape index (κ1) is 90.1. The average molecular weight is 1350 g/mol. The van der Waals surface area contributed by atoms with Gasteiger partial charge in [0.25, 0.3) is 0 Å². The predicted molar refractivity (Wildman–Crippen MR) is 372 cm³/mol. The lowest BCUT2D eigenvalue weighted by atomic mass is 10.0. The van der Waals surface area contributed by atoms with Crippen LogP contribution in [0.25, 0.3) is 0 Å². The van der Waals surface area contributed by atoms with Crippen LogP contribution in [-0.4, -0.2) is 96.7 Å². The molecule has 0 aromatic rings. The molecule has 0 aliphatic carbocycles. The minimum absolute atomic E-state index is 0.107. The Balaban J connectivity index is 5.25. The van der Waals surface area contributed by atoms with E-state index in [9.17, 15) is 43.2 Å². The number of unbranched alkanes of at least 4 members (excludes halogenated alkanes) is 42. The molecule has 19 heteroatoms. The Morgan fingerprint density at radius 1 is 0.293 bits per heavy atom. The van der Waals surface area contributed by atoms with Gasteiger partial charge >= 0.3 is 39.5 Å². The van der Waals surface area contributed by atoms with Crippen molar-refractivity contribution in [2.45, 2.75) is 394 Å². The zero-order valence-corrected chi connectivity index (χ0v) is 61.6. The molecule has 0 spiro atoms. The molecule has 0 aromatic heterocycles. The maximum atomic E-state index is 13.0. The Bertz CT molecular complexity index is 1790. The van der Waals surface area contributed by atoms with Crippen LogP contribution in [0.2, 0.25) is 0 Å². The van der Waals surface area contributed by atoms with Crippen LogP contribution in [0, 0.1) is 11.8 Å². The second-order valence-corrected chi connectivity index (χ2v) is 30.2. The largest absolute Gasteiger partial charge is 0.472 e. The van der Waals surface area contributed by atoms with Gasteiger partial charge in [0.15, 0.2) is 12.2 Å². The fraction of sp³-hybridized carbons (Fsp3) is 0.945. The second-order valence-electron chi connectivity index (χ2n) is 27.3. The minimum Gasteiger partial charge on any atom is -0.462 e. The van der Waals surface area contributed by atoms with Gasteiger partial charge < -0.3 is 33.8 Å². The van der Waals surface area contributed by atoms with Crippen molar-refractivity contribution < 1.29 is 80.2 Å². The number of phosphoric acid groups is 2. The smallest absolute Gasteiger partial charge is 0.462 e. The molecule has 0 saturated carbocycles. The molecule has 0 heterocycles. The van der Waals surface area contributed by atoms with E-state index < -0.39 is 97.5 Å². The van der Waals surface area contributed by atoms with Crippen molar-refractivity contribution in [1.82, 2.24) is 0 Å². The molecule has 92 heavy (non-hydrogen) atoms. The Kier molecular flexibility index (Phi) is 63.7. The molecule has 0 radical (unpaired) electrons. The number of esters is 4. The van der Waals surface area contributed by atoms with Gasteiger partial charge in [-0.2, -0.15) is 0 Å². The molecule has 0 fully saturated rings. The number of carbonyl (C=O) groups is 4. The lowest BCUT2D eigenvalue weighted by Crippen LogP contribution is -2.30. The third-order valence-electron chi connectivity index (χ3n) is 17.0. The first-order chi connectivity index (χ1) is 44.4. The number of hydrogen-bond acceptors (Lipinski definition) is 15. The molecule has 5 atom stereocenters. The fourth-order valence-electron chi connectivity index (χ4n) is 11.1. The van der Waals surface area contributed by atoms with Gasteiger partial charge in [-0.25, -0.2) is 9.13 Å². The molecule has 0 amide bonds. The van der Waals surface area contributed by atoms with Crippen LogP contribution >= 0.6 is 15.6 Å². The third-order valence-corrected chi connectivity index (χ3v) is 18.9. The summed E-state index contributed by atoms with van der Waals surface area (Å²) in [6, 6.07) is 0. The number of aliphatic hydroxyl groups excluding tert-OH is 1. The van der Waals surface area contributed by atoms with Crippen molar-refractivity contribution in [3.05, 3.63) is 0 Å². The highest BCUT2D eigenvalue weighted by molar-refractivity contribution is 7.47. The van der Waals surface area contributed by atoms with Gasteiger partial charge in [-0.1, -0.05) is 324 Å². The van der Waals surface area contributed by atoms with E-state index in [-0.39, 0.29) is 25.7 Å². The van der Waals surface area contributed by atoms with E-state index >= 15 is 0 Å². The van der Waals surface area contributed by atoms with Gasteiger partial charge in [-0.15, -0.1) is 0 Å². The molecule has 0 rings (SSSR count). The first-order valence-corrected chi connectivity index (χ1v) is 41.0. The topological polar surface area (TPSA) is 237 Å². The summed E-state index contributed by atoms with van der Waals surface area (Å²) in [5.74, 6) is -0.587. The van der Waals surface area contributed by atoms with Crippen LogP contribution in [0.3, 0.4) is 0 Å². The van der Waals surface area contributed by atoms with Crippen LogP contribution in [0.4, 0.5) is 0 Å². The predicted octanol–water partition coefficient (Wildman–Crippen LogP) is 21.2. The van der Waals surface area contributed by atoms with Gasteiger partial charge in [0.2, 0.25) is 0 Å². The van der Waals surface area contributed by atoms with Crippen LogP contribution in [-0.2, 0) is 65.4 Å². The van der Waals surface area contributed by atoms with E-state index in [1.165, 1.54) is 193 Å². The second kappa shape index (κ2) is 65.0. The van der Waals surface area contributed by atoms with E-state index in [0.717, 1.165) is 102 Å². The molecule has 0 bridgehead atoms. The van der Waals surface area contributed by atoms with E-state index in [1.54, 1.807) is 0 Å². The average Bonchev–Trinajstić information content (AvgIpc) is 3.18. The molecule has 17 nitrogen and oxygen atoms in total. The van der Waals surface area contributed by atoms with E-state index in [4.69, 9.17) is 37.0 Å². The van der Waals surface area contributed by atoms with Crippen LogP contribution in [0.5, 0.6) is 0 Å². The summed E-state index contributed by atoms with van der Waals surface area (Å²) < 4.78 is 68.4. The summed E-state index contributed by atoms with van der Waals surface area (Å²) in [6.45, 7) is 9.57. The van der Waals surface area contributed by atoms with E-state index in [0.29, 0.717) is 25.7 Å². The molecule has 3 N–H and O–H groups in total. The maximum absolute atomic E-state index is 13.0. The monoisotopic (exact) mass is 1350 g/mol. The molecule has 546 valence electrons. The summed E-state index contributed by atoms with van der Waals surface area (Å²) in [6.07, 6.45) is 51.1. The fourth-order valence-corrected chi connectivity index (χ4v) is 12.7. The Hall–Kier alpha value is -1.94. The SMILES string of the molecule is CCCCCCCCCCCCCCC(=O)OC[C@H](COP(=O)(O)OC[C@H](O)COP(=O)(O)OC[C@@H](COC(=O)CCCCCCCCCCCC(C)C)OC(=O)CCCCCCCCCCCCCCCC(C)C)OC(=O)CCCCCCCCCCCCCC. The van der Waals surface area contributed by atoms with Crippen LogP contribution in [0.1, 0.15) is 375 Å². The summed E-state index contributed by atoms with van der Waals surface area (Å²) in [7, 11) is -9.91. The van der Waals surface area contributed by atoms with Gasteiger partial charge in [0.05, 0.1) is 26.4 Å². The summed E-state index contributed by atoms with van der Waals surface area (Å²) in [5.41, 5.74) is 0. The van der Waals surface area contributed by atoms with Crippen molar-refractivity contribution in [3.63, 3.8) is 0 Å². The third kappa shape index (κ3) is 66.7. The molecule has 0 saturated heterocycles. The van der Waals surface area contributed by atoms with Crippen LogP contribution in [0.15, 0.2) is 0 Å². The summed E-state index contributed by atoms with van der Waals surface area (Å²) in [5, 5.41) is 10.6. The normalized spacial score (nSPS) is 14.1. The lowest BCUT2D eigenvalue weighted by molar-refractivity contribution is -0.161. The molecular weight excluding hydrogens is 1210 g/mol. The number of phosphoric ester groups is 2.